The van der Waals surface area contributed by atoms with Gasteiger partial charge in [0.2, 0.25) is 0 Å². The van der Waals surface area contributed by atoms with Crippen LogP contribution in [-0.4, -0.2) is 25.5 Å². The number of amides is 1. The van der Waals surface area contributed by atoms with Gasteiger partial charge in [-0.2, -0.15) is 0 Å². The van der Waals surface area contributed by atoms with Gasteiger partial charge in [0.05, 0.1) is 21.3 Å². The van der Waals surface area contributed by atoms with Crippen LogP contribution in [0.1, 0.15) is 12.5 Å². The molecule has 1 aliphatic heterocycles. The van der Waals surface area contributed by atoms with Crippen molar-refractivity contribution in [2.24, 2.45) is 0 Å². The number of nitrogens with zero attached hydrogens (tertiary/aromatic N) is 1. The number of aryl methyl sites for hydroxylation is 1. The normalized spacial score (nSPS) is 17.3. The van der Waals surface area contributed by atoms with E-state index in [1.165, 1.54) is 11.0 Å². The summed E-state index contributed by atoms with van der Waals surface area (Å²) in [6, 6.07) is 10.8. The number of carbonyl (C=O) groups is 1. The Balaban J connectivity index is 2.01. The summed E-state index contributed by atoms with van der Waals surface area (Å²) in [7, 11) is -3.90. The van der Waals surface area contributed by atoms with Crippen LogP contribution in [0.3, 0.4) is 0 Å². The van der Waals surface area contributed by atoms with Crippen LogP contribution in [0, 0.1) is 6.92 Å². The van der Waals surface area contributed by atoms with E-state index in [1.807, 2.05) is 0 Å². The third kappa shape index (κ3) is 3.40. The molecule has 0 aliphatic carbocycles. The number of para-hydroxylation sites is 1. The number of benzene rings is 2. The molecule has 1 amide bonds. The van der Waals surface area contributed by atoms with Crippen LogP contribution < -0.4 is 14.9 Å². The zero-order valence-electron chi connectivity index (χ0n) is 14.0. The van der Waals surface area contributed by atoms with Crippen molar-refractivity contribution in [2.45, 2.75) is 24.8 Å². The molecule has 2 aromatic rings. The van der Waals surface area contributed by atoms with E-state index in [0.29, 0.717) is 16.3 Å². The smallest absolute Gasteiger partial charge is 0.262 e. The van der Waals surface area contributed by atoms with Gasteiger partial charge >= 0.3 is 0 Å². The van der Waals surface area contributed by atoms with Crippen LogP contribution in [0.4, 0.5) is 11.4 Å². The highest BCUT2D eigenvalue weighted by atomic mass is 35.5. The molecule has 1 saturated heterocycles. The molecule has 0 aromatic heterocycles. The maximum Gasteiger partial charge on any atom is 0.262 e. The van der Waals surface area contributed by atoms with E-state index in [9.17, 15) is 13.2 Å². The Labute approximate surface area is 162 Å². The fourth-order valence-corrected chi connectivity index (χ4v) is 4.57. The largest absolute Gasteiger partial charge is 0.350 e. The lowest BCUT2D eigenvalue weighted by atomic mass is 10.2. The molecule has 0 saturated carbocycles. The zero-order chi connectivity index (χ0) is 19.1. The van der Waals surface area contributed by atoms with E-state index < -0.39 is 16.1 Å². The molecule has 0 radical (unpaired) electrons. The van der Waals surface area contributed by atoms with Gasteiger partial charge in [0, 0.05) is 0 Å². The molecule has 2 aromatic carbocycles. The Hall–Kier alpha value is -2.16. The minimum absolute atomic E-state index is 0.0464. The summed E-state index contributed by atoms with van der Waals surface area (Å²) in [6.45, 7) is 3.37. The molecule has 1 fully saturated rings. The molecular formula is C17H16ClN3O3S2. The van der Waals surface area contributed by atoms with Crippen LogP contribution in [0.15, 0.2) is 47.4 Å². The molecule has 3 rings (SSSR count). The lowest BCUT2D eigenvalue weighted by Gasteiger charge is -2.18. The Kier molecular flexibility index (Phi) is 4.92. The third-order valence-corrected chi connectivity index (χ3v) is 6.11. The van der Waals surface area contributed by atoms with Crippen molar-refractivity contribution in [3.8, 4) is 0 Å². The topological polar surface area (TPSA) is 78.5 Å². The van der Waals surface area contributed by atoms with E-state index in [-0.39, 0.29) is 21.6 Å². The average molecular weight is 410 g/mol. The van der Waals surface area contributed by atoms with Crippen molar-refractivity contribution in [2.75, 3.05) is 9.62 Å². The molecule has 0 spiro atoms. The van der Waals surface area contributed by atoms with Crippen molar-refractivity contribution in [3.63, 3.8) is 0 Å². The van der Waals surface area contributed by atoms with Crippen molar-refractivity contribution >= 4 is 56.2 Å². The molecule has 9 heteroatoms. The first-order valence-corrected chi connectivity index (χ1v) is 10.00. The molecule has 2 N–H and O–H groups in total. The number of carbonyl (C=O) groups excluding carboxylic acids is 1. The van der Waals surface area contributed by atoms with Crippen LogP contribution in [0.5, 0.6) is 0 Å². The van der Waals surface area contributed by atoms with E-state index in [0.717, 1.165) is 0 Å². The summed E-state index contributed by atoms with van der Waals surface area (Å²) in [5, 5.41) is 3.40. The number of anilines is 2. The number of nitrogens with one attached hydrogen (secondary N) is 2. The van der Waals surface area contributed by atoms with Gasteiger partial charge in [0.25, 0.3) is 15.9 Å². The molecular weight excluding hydrogens is 394 g/mol. The predicted molar refractivity (Wildman–Crippen MR) is 106 cm³/mol. The van der Waals surface area contributed by atoms with Crippen LogP contribution in [-0.2, 0) is 14.8 Å². The van der Waals surface area contributed by atoms with Crippen LogP contribution >= 0.6 is 23.8 Å². The van der Waals surface area contributed by atoms with Gasteiger partial charge in [-0.05, 0) is 55.9 Å². The summed E-state index contributed by atoms with van der Waals surface area (Å²) in [6.07, 6.45) is 0. The molecule has 136 valence electrons. The molecule has 1 atom stereocenters. The quantitative estimate of drug-likeness (QED) is 0.759. The van der Waals surface area contributed by atoms with Gasteiger partial charge < -0.3 is 5.32 Å². The van der Waals surface area contributed by atoms with Gasteiger partial charge in [-0.15, -0.1) is 0 Å². The second-order valence-corrected chi connectivity index (χ2v) is 8.32. The first-order chi connectivity index (χ1) is 12.2. The van der Waals surface area contributed by atoms with Crippen molar-refractivity contribution < 1.29 is 13.2 Å². The minimum atomic E-state index is -3.90. The molecule has 1 aliphatic rings. The van der Waals surface area contributed by atoms with E-state index in [1.54, 1.807) is 50.2 Å². The van der Waals surface area contributed by atoms with E-state index >= 15 is 0 Å². The Morgan fingerprint density at radius 3 is 2.54 bits per heavy atom. The summed E-state index contributed by atoms with van der Waals surface area (Å²) in [5.74, 6) is -0.235. The lowest BCUT2D eigenvalue weighted by Crippen LogP contribution is -2.31. The minimum Gasteiger partial charge on any atom is -0.350 e. The summed E-state index contributed by atoms with van der Waals surface area (Å²) in [5.41, 5.74) is 1.20. The summed E-state index contributed by atoms with van der Waals surface area (Å²) in [4.78, 5) is 13.6. The van der Waals surface area contributed by atoms with Crippen LogP contribution in [0.25, 0.3) is 0 Å². The fourth-order valence-electron chi connectivity index (χ4n) is 2.61. The highest BCUT2D eigenvalue weighted by molar-refractivity contribution is 7.92. The van der Waals surface area contributed by atoms with Crippen molar-refractivity contribution in [1.82, 2.24) is 5.32 Å². The number of thiocarbonyl (C=S) groups is 1. The molecule has 0 bridgehead atoms. The average Bonchev–Trinajstić information content (AvgIpc) is 2.83. The fraction of sp³-hybridized carbons (Fsp3) is 0.176. The van der Waals surface area contributed by atoms with Gasteiger partial charge in [-0.3, -0.25) is 14.4 Å². The summed E-state index contributed by atoms with van der Waals surface area (Å²) >= 11 is 11.2. The number of hydrogen-bond donors (Lipinski definition) is 2. The third-order valence-electron chi connectivity index (χ3n) is 3.97. The number of hydrogen-bond acceptors (Lipinski definition) is 4. The maximum absolute atomic E-state index is 12.8. The first kappa shape index (κ1) is 18.6. The lowest BCUT2D eigenvalue weighted by molar-refractivity contribution is -0.117. The Morgan fingerprint density at radius 2 is 1.92 bits per heavy atom. The number of rotatable bonds is 4. The van der Waals surface area contributed by atoms with Gasteiger partial charge in [-0.25, -0.2) is 8.42 Å². The maximum atomic E-state index is 12.8. The van der Waals surface area contributed by atoms with Gasteiger partial charge in [0.1, 0.15) is 6.04 Å². The summed E-state index contributed by atoms with van der Waals surface area (Å²) < 4.78 is 28.2. The van der Waals surface area contributed by atoms with Crippen LogP contribution in [0.2, 0.25) is 5.02 Å². The monoisotopic (exact) mass is 409 g/mol. The van der Waals surface area contributed by atoms with Gasteiger partial charge in [0.15, 0.2) is 5.11 Å². The standard InChI is InChI=1S/C17H16ClN3O3S2/c1-10-7-8-12(21-16(22)11(2)19-17(21)25)9-15(10)26(23,24)20-14-6-4-3-5-13(14)18/h3-9,11,20H,1-2H3,(H,19,25)/t11-/m1/s1. The predicted octanol–water partition coefficient (Wildman–Crippen LogP) is 3.06. The number of halogens is 1. The number of sulfonamides is 1. The highest BCUT2D eigenvalue weighted by Crippen LogP contribution is 2.29. The van der Waals surface area contributed by atoms with Crippen molar-refractivity contribution in [3.05, 3.63) is 53.1 Å². The molecule has 26 heavy (non-hydrogen) atoms. The SMILES string of the molecule is Cc1ccc(N2C(=O)[C@@H](C)NC2=S)cc1S(=O)(=O)Nc1ccccc1Cl. The first-order valence-electron chi connectivity index (χ1n) is 7.73. The zero-order valence-corrected chi connectivity index (χ0v) is 16.4. The molecule has 1 heterocycles. The van der Waals surface area contributed by atoms with Gasteiger partial charge in [-0.1, -0.05) is 29.8 Å². The molecule has 0 unspecified atom stereocenters. The second kappa shape index (κ2) is 6.86. The van der Waals surface area contributed by atoms with E-state index in [4.69, 9.17) is 23.8 Å². The highest BCUT2D eigenvalue weighted by Gasteiger charge is 2.34. The van der Waals surface area contributed by atoms with E-state index in [2.05, 4.69) is 10.0 Å². The Bertz CT molecular complexity index is 1010. The Morgan fingerprint density at radius 1 is 1.23 bits per heavy atom. The molecule has 6 nitrogen and oxygen atoms in total. The second-order valence-electron chi connectivity index (χ2n) is 5.88. The van der Waals surface area contributed by atoms with Crippen molar-refractivity contribution in [1.29, 1.82) is 0 Å².